The van der Waals surface area contributed by atoms with Crippen molar-refractivity contribution in [2.24, 2.45) is 0 Å². The van der Waals surface area contributed by atoms with Gasteiger partial charge < -0.3 is 14.3 Å². The number of carbonyl (C=O) groups excluding carboxylic acids is 1. The SMILES string of the molecule is Cc1noc(-c2ccc(N3CC(C)N(CC(=O)N4CCc5nn(-c6ccccc6)cc5C4)C(C)C3)nc2)n1. The fourth-order valence-electron chi connectivity index (χ4n) is 5.46. The van der Waals surface area contributed by atoms with Crippen LogP contribution in [0.5, 0.6) is 0 Å². The zero-order valence-corrected chi connectivity index (χ0v) is 22.0. The number of amides is 1. The van der Waals surface area contributed by atoms with Gasteiger partial charge in [0.1, 0.15) is 5.82 Å². The molecule has 1 amide bonds. The van der Waals surface area contributed by atoms with Crippen LogP contribution in [0.3, 0.4) is 0 Å². The van der Waals surface area contributed by atoms with Crippen LogP contribution < -0.4 is 4.90 Å². The fraction of sp³-hybridized carbons (Fsp3) is 0.393. The molecule has 0 N–H and O–H groups in total. The van der Waals surface area contributed by atoms with Crippen molar-refractivity contribution in [1.29, 1.82) is 0 Å². The van der Waals surface area contributed by atoms with E-state index < -0.39 is 0 Å². The highest BCUT2D eigenvalue weighted by atomic mass is 16.5. The van der Waals surface area contributed by atoms with Crippen molar-refractivity contribution in [2.45, 2.75) is 45.8 Å². The summed E-state index contributed by atoms with van der Waals surface area (Å²) < 4.78 is 7.17. The number of aryl methyl sites for hydroxylation is 1. The summed E-state index contributed by atoms with van der Waals surface area (Å²) in [5.74, 6) is 2.16. The van der Waals surface area contributed by atoms with Crippen LogP contribution in [0.1, 0.15) is 30.9 Å². The number of hydrogen-bond acceptors (Lipinski definition) is 8. The molecule has 196 valence electrons. The lowest BCUT2D eigenvalue weighted by atomic mass is 10.1. The molecule has 0 aliphatic carbocycles. The number of para-hydroxylation sites is 1. The Morgan fingerprint density at radius 3 is 2.55 bits per heavy atom. The van der Waals surface area contributed by atoms with E-state index in [1.807, 2.05) is 52.0 Å². The summed E-state index contributed by atoms with van der Waals surface area (Å²) in [6.45, 7) is 9.50. The molecule has 0 saturated carbocycles. The number of fused-ring (bicyclic) bond motifs is 1. The largest absolute Gasteiger partial charge is 0.354 e. The predicted molar refractivity (Wildman–Crippen MR) is 143 cm³/mol. The van der Waals surface area contributed by atoms with Crippen LogP contribution in [0.25, 0.3) is 17.1 Å². The summed E-state index contributed by atoms with van der Waals surface area (Å²) in [4.78, 5) is 28.9. The van der Waals surface area contributed by atoms with Gasteiger partial charge in [-0.05, 0) is 45.0 Å². The molecule has 38 heavy (non-hydrogen) atoms. The fourth-order valence-corrected chi connectivity index (χ4v) is 5.46. The lowest BCUT2D eigenvalue weighted by Gasteiger charge is -2.45. The molecule has 5 heterocycles. The van der Waals surface area contributed by atoms with Gasteiger partial charge >= 0.3 is 0 Å². The second-order valence-corrected chi connectivity index (χ2v) is 10.3. The standard InChI is InChI=1S/C28H32N8O2/c1-19-14-34(26-10-9-22(13-29-26)28-30-21(3)32-38-28)15-20(2)35(19)18-27(37)33-12-11-25-23(16-33)17-36(31-25)24-7-5-4-6-8-24/h4-10,13,17,19-20H,11-12,14-16,18H2,1-3H3. The van der Waals surface area contributed by atoms with Crippen LogP contribution in [0.2, 0.25) is 0 Å². The Kier molecular flexibility index (Phi) is 6.40. The van der Waals surface area contributed by atoms with Gasteiger partial charge in [0, 0.05) is 62.6 Å². The van der Waals surface area contributed by atoms with E-state index >= 15 is 0 Å². The predicted octanol–water partition coefficient (Wildman–Crippen LogP) is 3.11. The van der Waals surface area contributed by atoms with Crippen LogP contribution in [0.4, 0.5) is 5.82 Å². The van der Waals surface area contributed by atoms with Crippen molar-refractivity contribution in [3.05, 3.63) is 71.9 Å². The van der Waals surface area contributed by atoms with E-state index in [1.165, 1.54) is 0 Å². The van der Waals surface area contributed by atoms with Crippen molar-refractivity contribution >= 4 is 11.7 Å². The molecule has 0 radical (unpaired) electrons. The van der Waals surface area contributed by atoms with E-state index in [0.29, 0.717) is 31.3 Å². The Labute approximate surface area is 221 Å². The number of carbonyl (C=O) groups is 1. The van der Waals surface area contributed by atoms with E-state index in [1.54, 1.807) is 13.1 Å². The molecular formula is C28H32N8O2. The smallest absolute Gasteiger partial charge is 0.259 e. The van der Waals surface area contributed by atoms with Gasteiger partial charge in [-0.25, -0.2) is 9.67 Å². The lowest BCUT2D eigenvalue weighted by Crippen LogP contribution is -2.59. The minimum absolute atomic E-state index is 0.174. The summed E-state index contributed by atoms with van der Waals surface area (Å²) in [6.07, 6.45) is 4.62. The van der Waals surface area contributed by atoms with E-state index in [0.717, 1.165) is 47.8 Å². The molecule has 2 aliphatic heterocycles. The van der Waals surface area contributed by atoms with E-state index in [-0.39, 0.29) is 18.0 Å². The highest BCUT2D eigenvalue weighted by Gasteiger charge is 2.33. The van der Waals surface area contributed by atoms with E-state index in [4.69, 9.17) is 9.62 Å². The molecule has 1 saturated heterocycles. The molecule has 4 aromatic rings. The first kappa shape index (κ1) is 24.3. The van der Waals surface area contributed by atoms with Crippen molar-refractivity contribution in [2.75, 3.05) is 31.1 Å². The maximum atomic E-state index is 13.4. The van der Waals surface area contributed by atoms with Gasteiger partial charge in [0.05, 0.1) is 23.5 Å². The summed E-state index contributed by atoms with van der Waals surface area (Å²) >= 11 is 0. The molecular weight excluding hydrogens is 480 g/mol. The highest BCUT2D eigenvalue weighted by Crippen LogP contribution is 2.25. The minimum Gasteiger partial charge on any atom is -0.354 e. The number of benzene rings is 1. The normalized spacial score (nSPS) is 20.0. The maximum Gasteiger partial charge on any atom is 0.259 e. The summed E-state index contributed by atoms with van der Waals surface area (Å²) in [6, 6.07) is 14.5. The molecule has 10 nitrogen and oxygen atoms in total. The van der Waals surface area contributed by atoms with Crippen LogP contribution in [-0.2, 0) is 17.8 Å². The number of hydrogen-bond donors (Lipinski definition) is 0. The molecule has 0 spiro atoms. The van der Waals surface area contributed by atoms with E-state index in [2.05, 4.69) is 45.0 Å². The van der Waals surface area contributed by atoms with Crippen LogP contribution in [-0.4, -0.2) is 78.9 Å². The van der Waals surface area contributed by atoms with Gasteiger partial charge in [-0.3, -0.25) is 9.69 Å². The third kappa shape index (κ3) is 4.79. The van der Waals surface area contributed by atoms with Crippen molar-refractivity contribution in [3.63, 3.8) is 0 Å². The minimum atomic E-state index is 0.174. The van der Waals surface area contributed by atoms with Crippen molar-refractivity contribution < 1.29 is 9.32 Å². The van der Waals surface area contributed by atoms with Crippen LogP contribution in [0, 0.1) is 6.92 Å². The van der Waals surface area contributed by atoms with Gasteiger partial charge in [0.2, 0.25) is 5.91 Å². The first-order valence-corrected chi connectivity index (χ1v) is 13.1. The van der Waals surface area contributed by atoms with Gasteiger partial charge in [0.25, 0.3) is 5.89 Å². The molecule has 10 heteroatoms. The Morgan fingerprint density at radius 2 is 1.87 bits per heavy atom. The topological polar surface area (TPSA) is 96.4 Å². The molecule has 2 atom stereocenters. The van der Waals surface area contributed by atoms with Crippen LogP contribution >= 0.6 is 0 Å². The summed E-state index contributed by atoms with van der Waals surface area (Å²) in [5, 5.41) is 8.61. The highest BCUT2D eigenvalue weighted by molar-refractivity contribution is 5.78. The summed E-state index contributed by atoms with van der Waals surface area (Å²) in [7, 11) is 0. The third-order valence-electron chi connectivity index (χ3n) is 7.50. The Balaban J connectivity index is 1.08. The molecule has 2 unspecified atom stereocenters. The Bertz CT molecular complexity index is 1400. The Morgan fingerprint density at radius 1 is 1.08 bits per heavy atom. The average Bonchev–Trinajstić information content (AvgIpc) is 3.57. The molecule has 0 bridgehead atoms. The lowest BCUT2D eigenvalue weighted by molar-refractivity contribution is -0.134. The molecule has 6 rings (SSSR count). The van der Waals surface area contributed by atoms with Gasteiger partial charge in [-0.2, -0.15) is 10.1 Å². The number of anilines is 1. The molecule has 1 aromatic carbocycles. The second-order valence-electron chi connectivity index (χ2n) is 10.3. The molecule has 3 aromatic heterocycles. The number of piperazine rings is 1. The Hall–Kier alpha value is -4.05. The van der Waals surface area contributed by atoms with E-state index in [9.17, 15) is 4.79 Å². The number of pyridine rings is 1. The number of rotatable bonds is 5. The van der Waals surface area contributed by atoms with Crippen LogP contribution in [0.15, 0.2) is 59.4 Å². The first-order chi connectivity index (χ1) is 18.4. The van der Waals surface area contributed by atoms with Gasteiger partial charge in [-0.15, -0.1) is 0 Å². The maximum absolute atomic E-state index is 13.4. The molecule has 2 aliphatic rings. The van der Waals surface area contributed by atoms with Gasteiger partial charge in [-0.1, -0.05) is 23.4 Å². The number of nitrogens with zero attached hydrogens (tertiary/aromatic N) is 8. The van der Waals surface area contributed by atoms with Gasteiger partial charge in [0.15, 0.2) is 5.82 Å². The zero-order chi connectivity index (χ0) is 26.2. The zero-order valence-electron chi connectivity index (χ0n) is 22.0. The molecule has 1 fully saturated rings. The third-order valence-corrected chi connectivity index (χ3v) is 7.50. The second kappa shape index (κ2) is 10.0. The van der Waals surface area contributed by atoms with Crippen molar-refractivity contribution in [3.8, 4) is 17.1 Å². The first-order valence-electron chi connectivity index (χ1n) is 13.1. The van der Waals surface area contributed by atoms with Crippen molar-refractivity contribution in [1.82, 2.24) is 34.7 Å². The quantitative estimate of drug-likeness (QED) is 0.403. The monoisotopic (exact) mass is 512 g/mol. The summed E-state index contributed by atoms with van der Waals surface area (Å²) in [5.41, 5.74) is 4.05. The number of aromatic nitrogens is 5. The average molecular weight is 513 g/mol.